The highest BCUT2D eigenvalue weighted by atomic mass is 32.1. The monoisotopic (exact) mass is 346 g/mol. The smallest absolute Gasteiger partial charge is 0.134 e. The molecule has 6 heteroatoms. The fourth-order valence-corrected chi connectivity index (χ4v) is 4.43. The molecule has 1 fully saturated rings. The van der Waals surface area contributed by atoms with Crippen molar-refractivity contribution < 1.29 is 5.11 Å². The molecule has 0 aromatic carbocycles. The SMILES string of the molecule is CCc1sc(C(C)Nc2cc(N3CCCC3CO)ncn2)cc1C. The van der Waals surface area contributed by atoms with Crippen LogP contribution in [0.2, 0.25) is 0 Å². The summed E-state index contributed by atoms with van der Waals surface area (Å²) in [6.45, 7) is 7.67. The first-order valence-electron chi connectivity index (χ1n) is 8.67. The molecule has 0 saturated carbocycles. The lowest BCUT2D eigenvalue weighted by Gasteiger charge is -2.24. The Labute approximate surface area is 147 Å². The molecule has 1 aliphatic rings. The number of aromatic nitrogens is 2. The maximum absolute atomic E-state index is 9.51. The molecule has 24 heavy (non-hydrogen) atoms. The van der Waals surface area contributed by atoms with Gasteiger partial charge in [-0.1, -0.05) is 6.92 Å². The highest BCUT2D eigenvalue weighted by Crippen LogP contribution is 2.30. The molecule has 0 bridgehead atoms. The van der Waals surface area contributed by atoms with E-state index in [1.54, 1.807) is 6.33 Å². The quantitative estimate of drug-likeness (QED) is 0.838. The lowest BCUT2D eigenvalue weighted by molar-refractivity contribution is 0.266. The van der Waals surface area contributed by atoms with Gasteiger partial charge in [-0.3, -0.25) is 0 Å². The lowest BCUT2D eigenvalue weighted by Crippen LogP contribution is -2.32. The topological polar surface area (TPSA) is 61.3 Å². The Kier molecular flexibility index (Phi) is 5.36. The van der Waals surface area contributed by atoms with Crippen molar-refractivity contribution in [3.05, 3.63) is 33.8 Å². The third kappa shape index (κ3) is 3.54. The highest BCUT2D eigenvalue weighted by molar-refractivity contribution is 7.12. The fraction of sp³-hybridized carbons (Fsp3) is 0.556. The predicted octanol–water partition coefficient (Wildman–Crippen LogP) is 3.54. The van der Waals surface area contributed by atoms with Gasteiger partial charge in [-0.15, -0.1) is 11.3 Å². The van der Waals surface area contributed by atoms with Crippen LogP contribution in [0.4, 0.5) is 11.6 Å². The molecule has 3 heterocycles. The molecule has 130 valence electrons. The Balaban J connectivity index is 1.74. The molecule has 2 N–H and O–H groups in total. The van der Waals surface area contributed by atoms with Crippen molar-refractivity contribution >= 4 is 23.0 Å². The van der Waals surface area contributed by atoms with E-state index in [1.165, 1.54) is 15.3 Å². The zero-order valence-corrected chi connectivity index (χ0v) is 15.4. The van der Waals surface area contributed by atoms with E-state index < -0.39 is 0 Å². The van der Waals surface area contributed by atoms with E-state index in [9.17, 15) is 5.11 Å². The predicted molar refractivity (Wildman–Crippen MR) is 100.0 cm³/mol. The van der Waals surface area contributed by atoms with E-state index in [2.05, 4.69) is 47.0 Å². The van der Waals surface area contributed by atoms with Gasteiger partial charge in [0.25, 0.3) is 0 Å². The summed E-state index contributed by atoms with van der Waals surface area (Å²) in [5.74, 6) is 1.73. The number of nitrogens with one attached hydrogen (secondary N) is 1. The molecule has 3 rings (SSSR count). The minimum absolute atomic E-state index is 0.178. The average molecular weight is 346 g/mol. The molecule has 0 radical (unpaired) electrons. The van der Waals surface area contributed by atoms with E-state index in [-0.39, 0.29) is 18.7 Å². The molecular weight excluding hydrogens is 320 g/mol. The second kappa shape index (κ2) is 7.49. The van der Waals surface area contributed by atoms with Gasteiger partial charge >= 0.3 is 0 Å². The molecule has 1 saturated heterocycles. The number of aryl methyl sites for hydroxylation is 2. The standard InChI is InChI=1S/C18H26N4OS/c1-4-15-12(2)8-16(24-15)13(3)21-17-9-18(20-11-19-17)22-7-5-6-14(22)10-23/h8-9,11,13-14,23H,4-7,10H2,1-3H3,(H,19,20,21). The van der Waals surface area contributed by atoms with Gasteiger partial charge in [-0.05, 0) is 44.7 Å². The molecule has 2 unspecified atom stereocenters. The van der Waals surface area contributed by atoms with Crippen LogP contribution in [0.3, 0.4) is 0 Å². The number of hydrogen-bond acceptors (Lipinski definition) is 6. The Morgan fingerprint density at radius 2 is 2.25 bits per heavy atom. The van der Waals surface area contributed by atoms with Crippen molar-refractivity contribution in [1.29, 1.82) is 0 Å². The molecule has 0 aliphatic carbocycles. The molecular formula is C18H26N4OS. The first kappa shape index (κ1) is 17.2. The van der Waals surface area contributed by atoms with E-state index >= 15 is 0 Å². The maximum Gasteiger partial charge on any atom is 0.134 e. The number of anilines is 2. The highest BCUT2D eigenvalue weighted by Gasteiger charge is 2.25. The van der Waals surface area contributed by atoms with E-state index in [4.69, 9.17) is 0 Å². The maximum atomic E-state index is 9.51. The Hall–Kier alpha value is -1.66. The third-order valence-corrected chi connectivity index (χ3v) is 6.25. The van der Waals surface area contributed by atoms with E-state index in [1.807, 2.05) is 17.4 Å². The Morgan fingerprint density at radius 3 is 2.96 bits per heavy atom. The molecule has 1 aliphatic heterocycles. The Bertz CT molecular complexity index is 687. The summed E-state index contributed by atoms with van der Waals surface area (Å²) >= 11 is 1.87. The van der Waals surface area contributed by atoms with Crippen LogP contribution in [-0.4, -0.2) is 34.3 Å². The minimum Gasteiger partial charge on any atom is -0.394 e. The van der Waals surface area contributed by atoms with Crippen LogP contribution in [0.5, 0.6) is 0 Å². The van der Waals surface area contributed by atoms with Crippen LogP contribution >= 0.6 is 11.3 Å². The van der Waals surface area contributed by atoms with Crippen LogP contribution < -0.4 is 10.2 Å². The van der Waals surface area contributed by atoms with Crippen molar-refractivity contribution in [3.63, 3.8) is 0 Å². The molecule has 0 spiro atoms. The number of nitrogens with zero attached hydrogens (tertiary/aromatic N) is 3. The van der Waals surface area contributed by atoms with Crippen molar-refractivity contribution in [1.82, 2.24) is 9.97 Å². The molecule has 5 nitrogen and oxygen atoms in total. The van der Waals surface area contributed by atoms with Crippen LogP contribution in [0.25, 0.3) is 0 Å². The van der Waals surface area contributed by atoms with Crippen molar-refractivity contribution in [2.75, 3.05) is 23.4 Å². The summed E-state index contributed by atoms with van der Waals surface area (Å²) in [6.07, 6.45) is 4.81. The summed E-state index contributed by atoms with van der Waals surface area (Å²) in [5.41, 5.74) is 1.37. The van der Waals surface area contributed by atoms with Gasteiger partial charge in [-0.2, -0.15) is 0 Å². The number of thiophene rings is 1. The number of rotatable bonds is 6. The first-order chi connectivity index (χ1) is 11.6. The summed E-state index contributed by atoms with van der Waals surface area (Å²) in [6, 6.07) is 4.65. The normalized spacial score (nSPS) is 18.8. The fourth-order valence-electron chi connectivity index (χ4n) is 3.31. The van der Waals surface area contributed by atoms with Gasteiger partial charge in [0.2, 0.25) is 0 Å². The van der Waals surface area contributed by atoms with Gasteiger partial charge in [0.1, 0.15) is 18.0 Å². The van der Waals surface area contributed by atoms with Gasteiger partial charge in [0.05, 0.1) is 18.7 Å². The van der Waals surface area contributed by atoms with Crippen LogP contribution in [-0.2, 0) is 6.42 Å². The molecule has 2 aromatic rings. The van der Waals surface area contributed by atoms with Gasteiger partial charge in [-0.25, -0.2) is 9.97 Å². The molecule has 0 amide bonds. The van der Waals surface area contributed by atoms with E-state index in [0.717, 1.165) is 37.4 Å². The van der Waals surface area contributed by atoms with Crippen molar-refractivity contribution in [2.45, 2.75) is 52.1 Å². The zero-order chi connectivity index (χ0) is 17.1. The number of aliphatic hydroxyl groups is 1. The number of hydrogen-bond donors (Lipinski definition) is 2. The molecule has 2 atom stereocenters. The summed E-state index contributed by atoms with van der Waals surface area (Å²) in [5, 5.41) is 13.0. The lowest BCUT2D eigenvalue weighted by atomic mass is 10.2. The molecule has 2 aromatic heterocycles. The number of aliphatic hydroxyl groups excluding tert-OH is 1. The summed E-state index contributed by atoms with van der Waals surface area (Å²) in [4.78, 5) is 13.7. The van der Waals surface area contributed by atoms with Crippen LogP contribution in [0, 0.1) is 6.92 Å². The summed E-state index contributed by atoms with van der Waals surface area (Å²) in [7, 11) is 0. The zero-order valence-electron chi connectivity index (χ0n) is 14.6. The Morgan fingerprint density at radius 1 is 1.42 bits per heavy atom. The van der Waals surface area contributed by atoms with Gasteiger partial charge < -0.3 is 15.3 Å². The van der Waals surface area contributed by atoms with Crippen LogP contribution in [0.15, 0.2) is 18.5 Å². The van der Waals surface area contributed by atoms with Gasteiger partial charge in [0.15, 0.2) is 0 Å². The average Bonchev–Trinajstić information content (AvgIpc) is 3.21. The van der Waals surface area contributed by atoms with E-state index in [0.29, 0.717) is 0 Å². The largest absolute Gasteiger partial charge is 0.394 e. The second-order valence-electron chi connectivity index (χ2n) is 6.41. The third-order valence-electron chi connectivity index (χ3n) is 4.69. The van der Waals surface area contributed by atoms with Crippen LogP contribution in [0.1, 0.15) is 48.0 Å². The van der Waals surface area contributed by atoms with Crippen molar-refractivity contribution in [3.8, 4) is 0 Å². The van der Waals surface area contributed by atoms with Gasteiger partial charge in [0, 0.05) is 22.4 Å². The first-order valence-corrected chi connectivity index (χ1v) is 9.49. The summed E-state index contributed by atoms with van der Waals surface area (Å²) < 4.78 is 0. The van der Waals surface area contributed by atoms with Crippen molar-refractivity contribution in [2.24, 2.45) is 0 Å². The minimum atomic E-state index is 0.178. The second-order valence-corrected chi connectivity index (χ2v) is 7.58.